The van der Waals surface area contributed by atoms with Crippen molar-refractivity contribution in [3.63, 3.8) is 0 Å². The minimum Gasteiger partial charge on any atom is -0.458 e. The summed E-state index contributed by atoms with van der Waals surface area (Å²) < 4.78 is 6.21. The topological polar surface area (TPSA) is 43.4 Å². The monoisotopic (exact) mass is 368 g/mol. The van der Waals surface area contributed by atoms with Gasteiger partial charge in [0.05, 0.1) is 0 Å². The van der Waals surface area contributed by atoms with Crippen molar-refractivity contribution in [3.8, 4) is 0 Å². The van der Waals surface area contributed by atoms with Crippen LogP contribution < -0.4 is 0 Å². The van der Waals surface area contributed by atoms with Gasteiger partial charge < -0.3 is 4.74 Å². The molecule has 0 N–H and O–H groups in total. The zero-order chi connectivity index (χ0) is 18.6. The second kappa shape index (κ2) is 5.27. The van der Waals surface area contributed by atoms with Gasteiger partial charge in [-0.1, -0.05) is 25.8 Å². The lowest BCUT2D eigenvalue weighted by Crippen LogP contribution is -2.56. The number of ketones is 1. The average molecular weight is 369 g/mol. The van der Waals surface area contributed by atoms with Crippen LogP contribution in [0.2, 0.25) is 0 Å². The summed E-state index contributed by atoms with van der Waals surface area (Å²) in [6.07, 6.45) is 11.6. The lowest BCUT2D eigenvalue weighted by atomic mass is 9.46. The Hall–Kier alpha value is -1.12. The van der Waals surface area contributed by atoms with E-state index >= 15 is 0 Å². The number of esters is 1. The molecule has 1 saturated heterocycles. The van der Waals surface area contributed by atoms with Crippen molar-refractivity contribution in [1.29, 1.82) is 0 Å². The van der Waals surface area contributed by atoms with Crippen molar-refractivity contribution in [2.45, 2.75) is 77.2 Å². The van der Waals surface area contributed by atoms with Crippen molar-refractivity contribution in [3.05, 3.63) is 11.6 Å². The Balaban J connectivity index is 1.41. The summed E-state index contributed by atoms with van der Waals surface area (Å²) in [7, 11) is 0. The Labute approximate surface area is 162 Å². The highest BCUT2D eigenvalue weighted by molar-refractivity contribution is 5.91. The van der Waals surface area contributed by atoms with Gasteiger partial charge in [-0.25, -0.2) is 0 Å². The highest BCUT2D eigenvalue weighted by Gasteiger charge is 2.79. The summed E-state index contributed by atoms with van der Waals surface area (Å²) in [5.41, 5.74) is 1.53. The normalized spacial score (nSPS) is 55.3. The van der Waals surface area contributed by atoms with Crippen LogP contribution in [0.4, 0.5) is 0 Å². The summed E-state index contributed by atoms with van der Waals surface area (Å²) in [6.45, 7) is 4.84. The van der Waals surface area contributed by atoms with Gasteiger partial charge in [0.15, 0.2) is 5.78 Å². The predicted molar refractivity (Wildman–Crippen MR) is 102 cm³/mol. The molecule has 6 rings (SSSR count). The van der Waals surface area contributed by atoms with Crippen LogP contribution in [-0.4, -0.2) is 17.4 Å². The fourth-order valence-electron chi connectivity index (χ4n) is 9.13. The third-order valence-corrected chi connectivity index (χ3v) is 10.1. The van der Waals surface area contributed by atoms with E-state index in [0.29, 0.717) is 30.0 Å². The van der Waals surface area contributed by atoms with Crippen LogP contribution in [0.1, 0.15) is 71.6 Å². The fraction of sp³-hybridized carbons (Fsp3) is 0.833. The third-order valence-electron chi connectivity index (χ3n) is 10.1. The molecule has 5 aliphatic carbocycles. The van der Waals surface area contributed by atoms with E-state index in [0.717, 1.165) is 49.4 Å². The standard InChI is InChI=1S/C24H32O3/c1-3-13-10-14-11-15(25)4-5-16(14)17-6-8-23(2)22(21(13)17)18-12-19(18)24(23)9-7-20(26)27-24/h11,13,16-19,21-22H,3-10,12H2,1-2H3/t13-,16?,17?,18?,19?,21?,22?,23?,24?/m1/s1. The van der Waals surface area contributed by atoms with Crippen molar-refractivity contribution in [2.75, 3.05) is 0 Å². The largest absolute Gasteiger partial charge is 0.458 e. The van der Waals surface area contributed by atoms with Crippen molar-refractivity contribution < 1.29 is 14.3 Å². The third kappa shape index (κ3) is 1.94. The molecule has 3 heteroatoms. The Bertz CT molecular complexity index is 753. The minimum absolute atomic E-state index is 0.0522. The maximum absolute atomic E-state index is 12.1. The highest BCUT2D eigenvalue weighted by atomic mass is 16.6. The highest BCUT2D eigenvalue weighted by Crippen LogP contribution is 2.79. The van der Waals surface area contributed by atoms with Crippen LogP contribution >= 0.6 is 0 Å². The van der Waals surface area contributed by atoms with Gasteiger partial charge in [0.25, 0.3) is 0 Å². The predicted octanol–water partition coefficient (Wildman–Crippen LogP) is 4.70. The van der Waals surface area contributed by atoms with Gasteiger partial charge in [-0.05, 0) is 80.1 Å². The molecule has 9 atom stereocenters. The number of hydrogen-bond donors (Lipinski definition) is 0. The number of hydrogen-bond acceptors (Lipinski definition) is 3. The quantitative estimate of drug-likeness (QED) is 0.630. The van der Waals surface area contributed by atoms with E-state index in [-0.39, 0.29) is 17.0 Å². The van der Waals surface area contributed by atoms with E-state index in [1.807, 2.05) is 6.08 Å². The van der Waals surface area contributed by atoms with Gasteiger partial charge in [-0.2, -0.15) is 0 Å². The second-order valence-electron chi connectivity index (χ2n) is 10.8. The second-order valence-corrected chi connectivity index (χ2v) is 10.8. The number of rotatable bonds is 1. The van der Waals surface area contributed by atoms with Crippen LogP contribution in [0.3, 0.4) is 0 Å². The summed E-state index contributed by atoms with van der Waals surface area (Å²) in [5, 5.41) is 0. The van der Waals surface area contributed by atoms with Crippen LogP contribution in [0.15, 0.2) is 11.6 Å². The van der Waals surface area contributed by atoms with E-state index in [1.54, 1.807) is 0 Å². The van der Waals surface area contributed by atoms with Gasteiger partial charge in [0.2, 0.25) is 0 Å². The van der Waals surface area contributed by atoms with E-state index < -0.39 is 0 Å². The molecule has 0 bridgehead atoms. The lowest BCUT2D eigenvalue weighted by Gasteiger charge is -2.59. The number of carbonyl (C=O) groups excluding carboxylic acids is 2. The van der Waals surface area contributed by atoms with Gasteiger partial charge in [0, 0.05) is 24.2 Å². The van der Waals surface area contributed by atoms with Crippen molar-refractivity contribution >= 4 is 11.8 Å². The molecule has 146 valence electrons. The van der Waals surface area contributed by atoms with Gasteiger partial charge in [-0.3, -0.25) is 9.59 Å². The van der Waals surface area contributed by atoms with Gasteiger partial charge in [-0.15, -0.1) is 0 Å². The molecule has 4 saturated carbocycles. The first-order valence-corrected chi connectivity index (χ1v) is 11.4. The number of fused-ring (bicyclic) bond motifs is 9. The van der Waals surface area contributed by atoms with Crippen LogP contribution in [0.25, 0.3) is 0 Å². The first kappa shape index (κ1) is 16.8. The van der Waals surface area contributed by atoms with E-state index in [4.69, 9.17) is 4.74 Å². The first-order valence-electron chi connectivity index (χ1n) is 11.4. The molecule has 0 amide bonds. The zero-order valence-electron chi connectivity index (χ0n) is 16.7. The maximum atomic E-state index is 12.1. The molecular formula is C24H32O3. The van der Waals surface area contributed by atoms with Crippen molar-refractivity contribution in [1.82, 2.24) is 0 Å². The molecule has 0 radical (unpaired) electrons. The molecule has 0 aromatic rings. The molecule has 1 aliphatic heterocycles. The molecule has 5 fully saturated rings. The molecular weight excluding hydrogens is 336 g/mol. The molecule has 6 aliphatic rings. The van der Waals surface area contributed by atoms with E-state index in [9.17, 15) is 9.59 Å². The van der Waals surface area contributed by atoms with Crippen LogP contribution in [-0.2, 0) is 14.3 Å². The lowest BCUT2D eigenvalue weighted by molar-refractivity contribution is -0.177. The molecule has 0 aromatic heterocycles. The molecule has 27 heavy (non-hydrogen) atoms. The van der Waals surface area contributed by atoms with Crippen molar-refractivity contribution in [2.24, 2.45) is 46.8 Å². The van der Waals surface area contributed by atoms with Gasteiger partial charge in [0.1, 0.15) is 5.60 Å². The Morgan fingerprint density at radius 3 is 2.74 bits per heavy atom. The molecule has 8 unspecified atom stereocenters. The van der Waals surface area contributed by atoms with Crippen LogP contribution in [0.5, 0.6) is 0 Å². The summed E-state index contributed by atoms with van der Waals surface area (Å²) in [6, 6.07) is 0. The van der Waals surface area contributed by atoms with Gasteiger partial charge >= 0.3 is 5.97 Å². The van der Waals surface area contributed by atoms with E-state index in [2.05, 4.69) is 13.8 Å². The smallest absolute Gasteiger partial charge is 0.306 e. The summed E-state index contributed by atoms with van der Waals surface area (Å²) in [4.78, 5) is 24.2. The number of allylic oxidation sites excluding steroid dienone is 1. The molecule has 1 spiro atoms. The molecule has 3 nitrogen and oxygen atoms in total. The number of carbonyl (C=O) groups is 2. The molecule has 0 aromatic carbocycles. The zero-order valence-corrected chi connectivity index (χ0v) is 16.7. The first-order chi connectivity index (χ1) is 13.0. The minimum atomic E-state index is -0.138. The maximum Gasteiger partial charge on any atom is 0.306 e. The Morgan fingerprint density at radius 2 is 2.00 bits per heavy atom. The fourth-order valence-corrected chi connectivity index (χ4v) is 9.13. The number of ether oxygens (including phenoxy) is 1. The average Bonchev–Trinajstić information content (AvgIpc) is 3.29. The Morgan fingerprint density at radius 1 is 1.15 bits per heavy atom. The summed E-state index contributed by atoms with van der Waals surface area (Å²) in [5.74, 6) is 5.47. The van der Waals surface area contributed by atoms with E-state index in [1.165, 1.54) is 31.3 Å². The summed E-state index contributed by atoms with van der Waals surface area (Å²) >= 11 is 0. The Kier molecular flexibility index (Phi) is 3.28. The van der Waals surface area contributed by atoms with Crippen LogP contribution in [0, 0.1) is 46.8 Å². The SMILES string of the molecule is CC[C@@H]1CC2=CC(=O)CCC2C2CCC3(C)C(C4CC4C34CCC(=O)O4)C21. The molecule has 1 heterocycles.